The minimum absolute atomic E-state index is 0.0232. The topological polar surface area (TPSA) is 99.2 Å². The van der Waals surface area contributed by atoms with E-state index < -0.39 is 5.97 Å². The van der Waals surface area contributed by atoms with E-state index in [2.05, 4.69) is 15.4 Å². The number of H-pyrrole nitrogens is 1. The predicted octanol–water partition coefficient (Wildman–Crippen LogP) is 1.67. The van der Waals surface area contributed by atoms with Crippen molar-refractivity contribution in [2.45, 2.75) is 25.7 Å². The van der Waals surface area contributed by atoms with Gasteiger partial charge < -0.3 is 10.0 Å². The molecule has 7 nitrogen and oxygen atoms in total. The Morgan fingerprint density at radius 1 is 1.32 bits per heavy atom. The lowest BCUT2D eigenvalue weighted by Crippen LogP contribution is -2.40. The van der Waals surface area contributed by atoms with Gasteiger partial charge >= 0.3 is 5.97 Å². The monoisotopic (exact) mass is 302 g/mol. The Labute approximate surface area is 127 Å². The quantitative estimate of drug-likeness (QED) is 0.895. The highest BCUT2D eigenvalue weighted by atomic mass is 16.4. The van der Waals surface area contributed by atoms with Crippen molar-refractivity contribution in [2.75, 3.05) is 13.1 Å². The summed E-state index contributed by atoms with van der Waals surface area (Å²) in [5.41, 5.74) is 2.00. The molecule has 1 aliphatic rings. The van der Waals surface area contributed by atoms with Crippen LogP contribution in [0.2, 0.25) is 0 Å². The Balaban J connectivity index is 1.69. The number of rotatable bonds is 4. The van der Waals surface area contributed by atoms with Gasteiger partial charge in [-0.1, -0.05) is 0 Å². The molecule has 3 rings (SSSR count). The van der Waals surface area contributed by atoms with E-state index in [0.29, 0.717) is 24.0 Å². The molecule has 22 heavy (non-hydrogen) atoms. The van der Waals surface area contributed by atoms with Gasteiger partial charge in [-0.3, -0.25) is 9.59 Å². The van der Waals surface area contributed by atoms with Gasteiger partial charge in [-0.2, -0.15) is 15.4 Å². The Morgan fingerprint density at radius 3 is 2.95 bits per heavy atom. The molecule has 2 aromatic rings. The summed E-state index contributed by atoms with van der Waals surface area (Å²) in [5, 5.41) is 19.3. The van der Waals surface area contributed by atoms with Crippen LogP contribution in [0.15, 0.2) is 18.2 Å². The first kappa shape index (κ1) is 14.5. The maximum atomic E-state index is 12.6. The summed E-state index contributed by atoms with van der Waals surface area (Å²) >= 11 is 0. The summed E-state index contributed by atoms with van der Waals surface area (Å²) in [7, 11) is 0. The molecule has 1 amide bonds. The number of fused-ring (bicyclic) bond motifs is 1. The highest BCUT2D eigenvalue weighted by Gasteiger charge is 2.25. The van der Waals surface area contributed by atoms with E-state index in [1.165, 1.54) is 0 Å². The van der Waals surface area contributed by atoms with Crippen molar-refractivity contribution in [3.8, 4) is 0 Å². The summed E-state index contributed by atoms with van der Waals surface area (Å²) < 4.78 is 0. The SMILES string of the molecule is O=C(O)CCC1CCCN(C(=O)c2ccc3n[nH]nc3c2)C1. The van der Waals surface area contributed by atoms with Crippen LogP contribution < -0.4 is 0 Å². The molecule has 0 radical (unpaired) electrons. The van der Waals surface area contributed by atoms with Crippen molar-refractivity contribution in [2.24, 2.45) is 5.92 Å². The fourth-order valence-corrected chi connectivity index (χ4v) is 2.97. The molecule has 0 bridgehead atoms. The summed E-state index contributed by atoms with van der Waals surface area (Å²) in [6, 6.07) is 5.27. The van der Waals surface area contributed by atoms with Crippen LogP contribution in [0, 0.1) is 5.92 Å². The number of carboxylic acids is 1. The van der Waals surface area contributed by atoms with E-state index in [-0.39, 0.29) is 18.2 Å². The standard InChI is InChI=1S/C15H18N4O3/c20-14(21)6-3-10-2-1-7-19(9-10)15(22)11-4-5-12-13(8-11)17-18-16-12/h4-5,8,10H,1-3,6-7,9H2,(H,20,21)(H,16,17,18). The Bertz CT molecular complexity index is 697. The predicted molar refractivity (Wildman–Crippen MR) is 79.4 cm³/mol. The number of carboxylic acid groups (broad SMARTS) is 1. The van der Waals surface area contributed by atoms with E-state index in [1.54, 1.807) is 18.2 Å². The first-order valence-corrected chi connectivity index (χ1v) is 7.45. The van der Waals surface area contributed by atoms with Crippen LogP contribution in [0.4, 0.5) is 0 Å². The van der Waals surface area contributed by atoms with Crippen molar-refractivity contribution in [1.29, 1.82) is 0 Å². The van der Waals surface area contributed by atoms with Crippen LogP contribution in [0.5, 0.6) is 0 Å². The zero-order chi connectivity index (χ0) is 15.5. The Morgan fingerprint density at radius 2 is 2.14 bits per heavy atom. The minimum atomic E-state index is -0.778. The molecular weight excluding hydrogens is 284 g/mol. The molecule has 0 aliphatic carbocycles. The van der Waals surface area contributed by atoms with E-state index in [0.717, 1.165) is 24.9 Å². The fraction of sp³-hybridized carbons (Fsp3) is 0.467. The molecule has 1 atom stereocenters. The van der Waals surface area contributed by atoms with E-state index in [1.807, 2.05) is 4.90 Å². The van der Waals surface area contributed by atoms with Gasteiger partial charge in [0.15, 0.2) is 0 Å². The Kier molecular flexibility index (Phi) is 4.04. The van der Waals surface area contributed by atoms with Gasteiger partial charge in [-0.05, 0) is 43.4 Å². The highest BCUT2D eigenvalue weighted by Crippen LogP contribution is 2.23. The zero-order valence-electron chi connectivity index (χ0n) is 12.2. The lowest BCUT2D eigenvalue weighted by Gasteiger charge is -2.32. The first-order valence-electron chi connectivity index (χ1n) is 7.45. The molecule has 1 unspecified atom stereocenters. The van der Waals surface area contributed by atoms with Crippen LogP contribution in [0.3, 0.4) is 0 Å². The van der Waals surface area contributed by atoms with Crippen LogP contribution >= 0.6 is 0 Å². The number of amides is 1. The molecule has 1 fully saturated rings. The number of carbonyl (C=O) groups is 2. The second kappa shape index (κ2) is 6.13. The second-order valence-corrected chi connectivity index (χ2v) is 5.72. The number of likely N-dealkylation sites (tertiary alicyclic amines) is 1. The van der Waals surface area contributed by atoms with E-state index >= 15 is 0 Å². The van der Waals surface area contributed by atoms with Crippen LogP contribution in [0.1, 0.15) is 36.0 Å². The zero-order valence-corrected chi connectivity index (χ0v) is 12.2. The average molecular weight is 302 g/mol. The molecule has 7 heteroatoms. The van der Waals surface area contributed by atoms with Crippen LogP contribution in [-0.2, 0) is 4.79 Å². The number of hydrogen-bond acceptors (Lipinski definition) is 4. The third kappa shape index (κ3) is 3.08. The van der Waals surface area contributed by atoms with Gasteiger partial charge in [0, 0.05) is 25.1 Å². The number of aromatic amines is 1. The molecule has 0 saturated carbocycles. The number of carbonyl (C=O) groups excluding carboxylic acids is 1. The Hall–Kier alpha value is -2.44. The van der Waals surface area contributed by atoms with Crippen molar-refractivity contribution >= 4 is 22.9 Å². The van der Waals surface area contributed by atoms with Crippen LogP contribution in [0.25, 0.3) is 11.0 Å². The summed E-state index contributed by atoms with van der Waals surface area (Å²) in [5.74, 6) is -0.533. The number of aromatic nitrogens is 3. The minimum Gasteiger partial charge on any atom is -0.481 e. The molecule has 2 N–H and O–H groups in total. The maximum Gasteiger partial charge on any atom is 0.303 e. The molecule has 0 spiro atoms. The first-order chi connectivity index (χ1) is 10.6. The normalized spacial score (nSPS) is 18.5. The molecule has 1 aliphatic heterocycles. The number of piperidine rings is 1. The molecule has 1 saturated heterocycles. The molecule has 1 aromatic heterocycles. The van der Waals surface area contributed by atoms with Gasteiger partial charge in [-0.25, -0.2) is 0 Å². The van der Waals surface area contributed by atoms with E-state index in [9.17, 15) is 9.59 Å². The lowest BCUT2D eigenvalue weighted by molar-refractivity contribution is -0.137. The van der Waals surface area contributed by atoms with Gasteiger partial charge in [0.05, 0.1) is 0 Å². The fourth-order valence-electron chi connectivity index (χ4n) is 2.97. The second-order valence-electron chi connectivity index (χ2n) is 5.72. The van der Waals surface area contributed by atoms with Gasteiger partial charge in [0.1, 0.15) is 11.0 Å². The largest absolute Gasteiger partial charge is 0.481 e. The third-order valence-corrected chi connectivity index (χ3v) is 4.14. The summed E-state index contributed by atoms with van der Waals surface area (Å²) in [6.45, 7) is 1.35. The number of nitrogens with zero attached hydrogens (tertiary/aromatic N) is 3. The lowest BCUT2D eigenvalue weighted by atomic mass is 9.93. The van der Waals surface area contributed by atoms with Crippen molar-refractivity contribution in [1.82, 2.24) is 20.3 Å². The van der Waals surface area contributed by atoms with Crippen LogP contribution in [-0.4, -0.2) is 50.4 Å². The number of aliphatic carboxylic acids is 1. The molecule has 1 aromatic carbocycles. The molecule has 116 valence electrons. The van der Waals surface area contributed by atoms with Gasteiger partial charge in [0.25, 0.3) is 5.91 Å². The van der Waals surface area contributed by atoms with E-state index in [4.69, 9.17) is 5.11 Å². The smallest absolute Gasteiger partial charge is 0.303 e. The number of benzene rings is 1. The average Bonchev–Trinajstić information content (AvgIpc) is 3.00. The van der Waals surface area contributed by atoms with Crippen molar-refractivity contribution in [3.05, 3.63) is 23.8 Å². The van der Waals surface area contributed by atoms with Gasteiger partial charge in [-0.15, -0.1) is 0 Å². The van der Waals surface area contributed by atoms with Crippen molar-refractivity contribution < 1.29 is 14.7 Å². The summed E-state index contributed by atoms with van der Waals surface area (Å²) in [6.07, 6.45) is 2.70. The third-order valence-electron chi connectivity index (χ3n) is 4.14. The van der Waals surface area contributed by atoms with Gasteiger partial charge in [0.2, 0.25) is 0 Å². The molecular formula is C15H18N4O3. The molecule has 2 heterocycles. The summed E-state index contributed by atoms with van der Waals surface area (Å²) in [4.78, 5) is 25.1. The number of hydrogen-bond donors (Lipinski definition) is 2. The number of nitrogens with one attached hydrogen (secondary N) is 1. The maximum absolute atomic E-state index is 12.6. The van der Waals surface area contributed by atoms with Crippen molar-refractivity contribution in [3.63, 3.8) is 0 Å². The highest BCUT2D eigenvalue weighted by molar-refractivity contribution is 5.97.